The predicted octanol–water partition coefficient (Wildman–Crippen LogP) is 1.13. The van der Waals surface area contributed by atoms with Crippen LogP contribution >= 0.6 is 0 Å². The van der Waals surface area contributed by atoms with Crippen LogP contribution in [0.15, 0.2) is 27.5 Å². The first kappa shape index (κ1) is 5.22. The van der Waals surface area contributed by atoms with Gasteiger partial charge in [-0.1, -0.05) is 5.16 Å². The number of hydrogen-bond acceptors (Lipinski definition) is 4. The lowest BCUT2D eigenvalue weighted by Crippen LogP contribution is -1.72. The van der Waals surface area contributed by atoms with Crippen molar-refractivity contribution >= 4 is 0 Å². The summed E-state index contributed by atoms with van der Waals surface area (Å²) in [4.78, 5) is 3.81. The van der Waals surface area contributed by atoms with E-state index in [0.29, 0.717) is 11.6 Å². The van der Waals surface area contributed by atoms with Crippen molar-refractivity contribution in [2.75, 3.05) is 0 Å². The van der Waals surface area contributed by atoms with E-state index in [0.717, 1.165) is 0 Å². The zero-order valence-corrected chi connectivity index (χ0v) is 4.94. The Morgan fingerprint density at radius 2 is 2.50 bits per heavy atom. The molecule has 0 fully saturated rings. The van der Waals surface area contributed by atoms with Crippen LogP contribution in [0.25, 0.3) is 11.6 Å². The van der Waals surface area contributed by atoms with Crippen LogP contribution < -0.4 is 0 Å². The van der Waals surface area contributed by atoms with E-state index in [1.165, 1.54) is 12.5 Å². The smallest absolute Gasteiger partial charge is 0.249 e. The molecule has 0 saturated carbocycles. The topological polar surface area (TPSA) is 52.1 Å². The van der Waals surface area contributed by atoms with E-state index < -0.39 is 0 Å². The third kappa shape index (κ3) is 0.699. The van der Waals surface area contributed by atoms with Gasteiger partial charge in [-0.2, -0.15) is 0 Å². The normalized spacial score (nSPS) is 10.0. The molecule has 4 nitrogen and oxygen atoms in total. The van der Waals surface area contributed by atoms with Gasteiger partial charge < -0.3 is 8.94 Å². The Labute approximate surface area is 56.5 Å². The molecule has 10 heavy (non-hydrogen) atoms. The second-order valence-electron chi connectivity index (χ2n) is 1.67. The minimum absolute atomic E-state index is 0.425. The molecule has 0 unspecified atom stereocenters. The zero-order chi connectivity index (χ0) is 6.81. The molecule has 2 heterocycles. The van der Waals surface area contributed by atoms with Gasteiger partial charge in [0.25, 0.3) is 0 Å². The maximum Gasteiger partial charge on any atom is 0.249 e. The molecular formula is C6H3N2O2. The molecule has 1 radical (unpaired) electrons. The highest BCUT2D eigenvalue weighted by molar-refractivity contribution is 5.43. The van der Waals surface area contributed by atoms with Crippen LogP contribution in [0.2, 0.25) is 0 Å². The van der Waals surface area contributed by atoms with Crippen LogP contribution in [0.1, 0.15) is 0 Å². The number of oxazole rings is 1. The Morgan fingerprint density at radius 1 is 1.50 bits per heavy atom. The van der Waals surface area contributed by atoms with E-state index in [4.69, 9.17) is 4.42 Å². The highest BCUT2D eigenvalue weighted by atomic mass is 16.5. The SMILES string of the molecule is [c]1cnc(-c2ccon2)o1. The molecule has 49 valence electrons. The van der Waals surface area contributed by atoms with Gasteiger partial charge in [0.1, 0.15) is 6.26 Å². The Balaban J connectivity index is 2.48. The van der Waals surface area contributed by atoms with Crippen molar-refractivity contribution in [3.8, 4) is 11.6 Å². The van der Waals surface area contributed by atoms with E-state index >= 15 is 0 Å². The van der Waals surface area contributed by atoms with E-state index in [1.807, 2.05) is 0 Å². The molecule has 0 saturated heterocycles. The zero-order valence-electron chi connectivity index (χ0n) is 4.94. The Kier molecular flexibility index (Phi) is 1.04. The van der Waals surface area contributed by atoms with Crippen molar-refractivity contribution in [2.45, 2.75) is 0 Å². The Hall–Kier alpha value is -1.58. The highest BCUT2D eigenvalue weighted by Gasteiger charge is 2.03. The summed E-state index contributed by atoms with van der Waals surface area (Å²) in [7, 11) is 0. The number of hydrogen-bond donors (Lipinski definition) is 0. The first-order valence-corrected chi connectivity index (χ1v) is 2.69. The summed E-state index contributed by atoms with van der Waals surface area (Å²) in [5.74, 6) is 0.425. The highest BCUT2D eigenvalue weighted by Crippen LogP contribution is 2.12. The Morgan fingerprint density at radius 3 is 3.10 bits per heavy atom. The summed E-state index contributed by atoms with van der Waals surface area (Å²) < 4.78 is 9.39. The van der Waals surface area contributed by atoms with E-state index in [2.05, 4.69) is 20.9 Å². The van der Waals surface area contributed by atoms with Gasteiger partial charge in [-0.05, 0) is 0 Å². The molecule has 0 aliphatic rings. The van der Waals surface area contributed by atoms with Crippen LogP contribution in [-0.2, 0) is 0 Å². The van der Waals surface area contributed by atoms with Crippen molar-refractivity contribution in [3.05, 3.63) is 24.8 Å². The lowest BCUT2D eigenvalue weighted by molar-refractivity contribution is 0.418. The van der Waals surface area contributed by atoms with Gasteiger partial charge in [0.05, 0.1) is 6.20 Å². The molecule has 0 aliphatic carbocycles. The van der Waals surface area contributed by atoms with Gasteiger partial charge in [-0.3, -0.25) is 0 Å². The van der Waals surface area contributed by atoms with E-state index in [1.54, 1.807) is 6.07 Å². The summed E-state index contributed by atoms with van der Waals surface area (Å²) in [5.41, 5.74) is 0.584. The quantitative estimate of drug-likeness (QED) is 0.588. The van der Waals surface area contributed by atoms with E-state index in [9.17, 15) is 0 Å². The fraction of sp³-hybridized carbons (Fsp3) is 0. The van der Waals surface area contributed by atoms with Crippen molar-refractivity contribution in [1.29, 1.82) is 0 Å². The number of nitrogens with zero attached hydrogens (tertiary/aromatic N) is 2. The standard InChI is InChI=1S/C6H3N2O2/c1-3-10-8-5(1)6-7-2-4-9-6/h1-3H. The molecule has 4 heteroatoms. The first-order valence-electron chi connectivity index (χ1n) is 2.69. The maximum atomic E-state index is 4.82. The number of rotatable bonds is 1. The van der Waals surface area contributed by atoms with Crippen molar-refractivity contribution < 1.29 is 8.94 Å². The second-order valence-corrected chi connectivity index (χ2v) is 1.67. The molecule has 2 rings (SSSR count). The van der Waals surface area contributed by atoms with Crippen LogP contribution in [-0.4, -0.2) is 10.1 Å². The second kappa shape index (κ2) is 1.98. The summed E-state index contributed by atoms with van der Waals surface area (Å²) in [6.07, 6.45) is 5.34. The fourth-order valence-electron chi connectivity index (χ4n) is 0.635. The molecule has 0 N–H and O–H groups in total. The van der Waals surface area contributed by atoms with E-state index in [-0.39, 0.29) is 0 Å². The lowest BCUT2D eigenvalue weighted by atomic mass is 10.4. The van der Waals surface area contributed by atoms with Gasteiger partial charge in [0.15, 0.2) is 12.0 Å². The Bertz CT molecular complexity index is 253. The molecule has 0 amide bonds. The molecular weight excluding hydrogens is 132 g/mol. The molecule has 0 aliphatic heterocycles. The van der Waals surface area contributed by atoms with Gasteiger partial charge in [0, 0.05) is 6.07 Å². The summed E-state index contributed by atoms with van der Waals surface area (Å²) in [5, 5.41) is 3.61. The molecule has 0 aromatic carbocycles. The molecule has 0 spiro atoms. The largest absolute Gasteiger partial charge is 0.431 e. The summed E-state index contributed by atoms with van der Waals surface area (Å²) >= 11 is 0. The predicted molar refractivity (Wildman–Crippen MR) is 30.8 cm³/mol. The average Bonchev–Trinajstić information content (AvgIpc) is 2.59. The number of aromatic nitrogens is 2. The van der Waals surface area contributed by atoms with Crippen LogP contribution in [0.4, 0.5) is 0 Å². The van der Waals surface area contributed by atoms with Gasteiger partial charge in [-0.15, -0.1) is 0 Å². The molecule has 2 aromatic rings. The molecule has 2 aromatic heterocycles. The van der Waals surface area contributed by atoms with Crippen molar-refractivity contribution in [2.24, 2.45) is 0 Å². The van der Waals surface area contributed by atoms with Crippen LogP contribution in [0.3, 0.4) is 0 Å². The van der Waals surface area contributed by atoms with Gasteiger partial charge in [0.2, 0.25) is 5.89 Å². The third-order valence-electron chi connectivity index (χ3n) is 1.05. The van der Waals surface area contributed by atoms with Gasteiger partial charge >= 0.3 is 0 Å². The molecule has 0 bridgehead atoms. The van der Waals surface area contributed by atoms with Crippen molar-refractivity contribution in [1.82, 2.24) is 10.1 Å². The van der Waals surface area contributed by atoms with Crippen LogP contribution in [0, 0.1) is 6.26 Å². The summed E-state index contributed by atoms with van der Waals surface area (Å²) in [6, 6.07) is 1.67. The maximum absolute atomic E-state index is 4.82. The molecule has 0 atom stereocenters. The summed E-state index contributed by atoms with van der Waals surface area (Å²) in [6.45, 7) is 0. The minimum atomic E-state index is 0.425. The lowest BCUT2D eigenvalue weighted by Gasteiger charge is -1.79. The third-order valence-corrected chi connectivity index (χ3v) is 1.05. The first-order chi connectivity index (χ1) is 4.97. The monoisotopic (exact) mass is 135 g/mol. The average molecular weight is 135 g/mol. The van der Waals surface area contributed by atoms with Crippen LogP contribution in [0.5, 0.6) is 0 Å². The van der Waals surface area contributed by atoms with Crippen molar-refractivity contribution in [3.63, 3.8) is 0 Å². The fourth-order valence-corrected chi connectivity index (χ4v) is 0.635. The van der Waals surface area contributed by atoms with Gasteiger partial charge in [-0.25, -0.2) is 4.98 Å². The minimum Gasteiger partial charge on any atom is -0.431 e.